The molecule has 0 bridgehead atoms. The first kappa shape index (κ1) is 14.1. The molecule has 5 nitrogen and oxygen atoms in total. The van der Waals surface area contributed by atoms with Crippen molar-refractivity contribution in [2.24, 2.45) is 0 Å². The van der Waals surface area contributed by atoms with Gasteiger partial charge >= 0.3 is 0 Å². The Hall–Kier alpha value is -1.28. The minimum absolute atomic E-state index is 0.145. The Morgan fingerprint density at radius 3 is 2.63 bits per heavy atom. The number of aliphatic hydroxyl groups is 1. The van der Waals surface area contributed by atoms with Crippen LogP contribution in [0.2, 0.25) is 0 Å². The summed E-state index contributed by atoms with van der Waals surface area (Å²) in [6, 6.07) is 5.06. The Labute approximate surface area is 116 Å². The molecule has 0 radical (unpaired) electrons. The molecule has 2 aromatic heterocycles. The van der Waals surface area contributed by atoms with Crippen LogP contribution in [0.5, 0.6) is 0 Å². The fourth-order valence-corrected chi connectivity index (χ4v) is 3.87. The molecule has 7 heteroatoms. The summed E-state index contributed by atoms with van der Waals surface area (Å²) in [5, 5.41) is 10.5. The first-order valence-corrected chi connectivity index (χ1v) is 7.89. The first-order chi connectivity index (χ1) is 9.04. The minimum Gasteiger partial charge on any atom is -0.391 e. The molecule has 0 aliphatic carbocycles. The largest absolute Gasteiger partial charge is 0.391 e. The monoisotopic (exact) mass is 298 g/mol. The Morgan fingerprint density at radius 2 is 2.05 bits per heavy atom. The quantitative estimate of drug-likeness (QED) is 0.907. The summed E-state index contributed by atoms with van der Waals surface area (Å²) in [7, 11) is -1.98. The van der Waals surface area contributed by atoms with E-state index < -0.39 is 10.0 Å². The standard InChI is InChI=1S/C12H14N2O3S2/c1-14(7-10-2-4-13-5-3-10)19(16,17)12-6-11(8-15)18-9-12/h2-6,9,15H,7-8H2,1H3. The lowest BCUT2D eigenvalue weighted by atomic mass is 10.3. The normalized spacial score (nSPS) is 11.9. The number of pyridine rings is 1. The highest BCUT2D eigenvalue weighted by atomic mass is 32.2. The molecule has 0 atom stereocenters. The predicted molar refractivity (Wildman–Crippen MR) is 73.1 cm³/mol. The van der Waals surface area contributed by atoms with Gasteiger partial charge in [-0.05, 0) is 23.8 Å². The second kappa shape index (κ2) is 5.79. The van der Waals surface area contributed by atoms with Crippen LogP contribution in [0.3, 0.4) is 0 Å². The number of rotatable bonds is 5. The van der Waals surface area contributed by atoms with Crippen molar-refractivity contribution in [1.29, 1.82) is 0 Å². The lowest BCUT2D eigenvalue weighted by molar-refractivity contribution is 0.285. The van der Waals surface area contributed by atoms with Crippen LogP contribution in [-0.4, -0.2) is 29.9 Å². The molecule has 0 spiro atoms. The van der Waals surface area contributed by atoms with E-state index in [1.807, 2.05) is 0 Å². The summed E-state index contributed by atoms with van der Waals surface area (Å²) in [5.41, 5.74) is 0.874. The average molecular weight is 298 g/mol. The SMILES string of the molecule is CN(Cc1ccncc1)S(=O)(=O)c1csc(CO)c1. The number of nitrogens with zero attached hydrogens (tertiary/aromatic N) is 2. The summed E-state index contributed by atoms with van der Waals surface area (Å²) < 4.78 is 25.9. The van der Waals surface area contributed by atoms with Crippen LogP contribution < -0.4 is 0 Å². The van der Waals surface area contributed by atoms with Crippen molar-refractivity contribution >= 4 is 21.4 Å². The molecule has 0 saturated heterocycles. The van der Waals surface area contributed by atoms with E-state index >= 15 is 0 Å². The van der Waals surface area contributed by atoms with E-state index in [1.165, 1.54) is 28.8 Å². The summed E-state index contributed by atoms with van der Waals surface area (Å²) in [6.07, 6.45) is 3.26. The summed E-state index contributed by atoms with van der Waals surface area (Å²) in [6.45, 7) is 0.142. The van der Waals surface area contributed by atoms with Crippen LogP contribution in [0, 0.1) is 0 Å². The van der Waals surface area contributed by atoms with Crippen LogP contribution >= 0.6 is 11.3 Å². The molecule has 0 aliphatic rings. The topological polar surface area (TPSA) is 70.5 Å². The van der Waals surface area contributed by atoms with E-state index in [1.54, 1.807) is 29.9 Å². The number of thiophene rings is 1. The third kappa shape index (κ3) is 3.19. The van der Waals surface area contributed by atoms with Crippen molar-refractivity contribution in [2.75, 3.05) is 7.05 Å². The fraction of sp³-hybridized carbons (Fsp3) is 0.250. The van der Waals surface area contributed by atoms with Crippen LogP contribution in [-0.2, 0) is 23.2 Å². The molecular weight excluding hydrogens is 284 g/mol. The Morgan fingerprint density at radius 1 is 1.37 bits per heavy atom. The second-order valence-electron chi connectivity index (χ2n) is 4.02. The van der Waals surface area contributed by atoms with Crippen LogP contribution in [0.15, 0.2) is 40.9 Å². The van der Waals surface area contributed by atoms with E-state index in [9.17, 15) is 8.42 Å². The smallest absolute Gasteiger partial charge is 0.243 e. The van der Waals surface area contributed by atoms with E-state index in [2.05, 4.69) is 4.98 Å². The van der Waals surface area contributed by atoms with Gasteiger partial charge in [0, 0.05) is 36.2 Å². The van der Waals surface area contributed by atoms with Gasteiger partial charge in [0.05, 0.1) is 11.5 Å². The van der Waals surface area contributed by atoms with Crippen LogP contribution in [0.4, 0.5) is 0 Å². The van der Waals surface area contributed by atoms with Gasteiger partial charge in [0.2, 0.25) is 10.0 Å². The highest BCUT2D eigenvalue weighted by Crippen LogP contribution is 2.22. The highest BCUT2D eigenvalue weighted by Gasteiger charge is 2.22. The van der Waals surface area contributed by atoms with E-state index in [0.29, 0.717) is 4.88 Å². The number of hydrogen-bond acceptors (Lipinski definition) is 5. The third-order valence-electron chi connectivity index (χ3n) is 2.65. The second-order valence-corrected chi connectivity index (χ2v) is 7.06. The van der Waals surface area contributed by atoms with Crippen LogP contribution in [0.25, 0.3) is 0 Å². The molecule has 0 unspecified atom stereocenters. The van der Waals surface area contributed by atoms with Crippen molar-refractivity contribution < 1.29 is 13.5 Å². The summed E-state index contributed by atoms with van der Waals surface area (Å²) >= 11 is 1.23. The van der Waals surface area contributed by atoms with Gasteiger partial charge < -0.3 is 5.11 Å². The molecule has 0 amide bonds. The summed E-state index contributed by atoms with van der Waals surface area (Å²) in [4.78, 5) is 4.75. The van der Waals surface area contributed by atoms with Gasteiger partial charge in [0.25, 0.3) is 0 Å². The minimum atomic E-state index is -3.51. The molecule has 2 heterocycles. The van der Waals surface area contributed by atoms with Crippen molar-refractivity contribution in [3.05, 3.63) is 46.4 Å². The van der Waals surface area contributed by atoms with Gasteiger partial charge in [-0.25, -0.2) is 8.42 Å². The van der Waals surface area contributed by atoms with Gasteiger partial charge in [-0.15, -0.1) is 11.3 Å². The zero-order chi connectivity index (χ0) is 13.9. The molecule has 0 aromatic carbocycles. The Bertz CT molecular complexity index is 638. The lowest BCUT2D eigenvalue weighted by Gasteiger charge is -2.16. The third-order valence-corrected chi connectivity index (χ3v) is 5.50. The molecule has 0 saturated carbocycles. The maximum atomic E-state index is 12.3. The van der Waals surface area contributed by atoms with E-state index in [0.717, 1.165) is 5.56 Å². The van der Waals surface area contributed by atoms with Crippen molar-refractivity contribution in [1.82, 2.24) is 9.29 Å². The van der Waals surface area contributed by atoms with Gasteiger partial charge in [-0.1, -0.05) is 0 Å². The number of sulfonamides is 1. The molecule has 102 valence electrons. The van der Waals surface area contributed by atoms with Crippen LogP contribution in [0.1, 0.15) is 10.4 Å². The van der Waals surface area contributed by atoms with Crippen molar-refractivity contribution in [2.45, 2.75) is 18.0 Å². The van der Waals surface area contributed by atoms with E-state index in [-0.39, 0.29) is 18.0 Å². The molecule has 19 heavy (non-hydrogen) atoms. The predicted octanol–water partition coefficient (Wildman–Crippen LogP) is 1.46. The van der Waals surface area contributed by atoms with Gasteiger partial charge in [-0.3, -0.25) is 4.98 Å². The van der Waals surface area contributed by atoms with Crippen molar-refractivity contribution in [3.8, 4) is 0 Å². The van der Waals surface area contributed by atoms with Gasteiger partial charge in [0.15, 0.2) is 0 Å². The highest BCUT2D eigenvalue weighted by molar-refractivity contribution is 7.89. The Balaban J connectivity index is 2.19. The van der Waals surface area contributed by atoms with Crippen molar-refractivity contribution in [3.63, 3.8) is 0 Å². The van der Waals surface area contributed by atoms with Gasteiger partial charge in [-0.2, -0.15) is 4.31 Å². The molecule has 2 aromatic rings. The summed E-state index contributed by atoms with van der Waals surface area (Å²) in [5.74, 6) is 0. The molecule has 2 rings (SSSR count). The maximum absolute atomic E-state index is 12.3. The maximum Gasteiger partial charge on any atom is 0.243 e. The number of aromatic nitrogens is 1. The lowest BCUT2D eigenvalue weighted by Crippen LogP contribution is -2.26. The zero-order valence-corrected chi connectivity index (χ0v) is 12.0. The molecule has 0 aliphatic heterocycles. The number of hydrogen-bond donors (Lipinski definition) is 1. The van der Waals surface area contributed by atoms with Gasteiger partial charge in [0.1, 0.15) is 0 Å². The van der Waals surface area contributed by atoms with E-state index in [4.69, 9.17) is 5.11 Å². The molecular formula is C12H14N2O3S2. The fourth-order valence-electron chi connectivity index (χ4n) is 1.59. The average Bonchev–Trinajstić information content (AvgIpc) is 2.89. The molecule has 0 fully saturated rings. The molecule has 1 N–H and O–H groups in total. The Kier molecular flexibility index (Phi) is 4.31. The number of aliphatic hydroxyl groups excluding tert-OH is 1. The zero-order valence-electron chi connectivity index (χ0n) is 10.4. The first-order valence-electron chi connectivity index (χ1n) is 5.57.